The number of carbonyl (C=O) groups is 2. The molecule has 0 aliphatic carbocycles. The predicted octanol–water partition coefficient (Wildman–Crippen LogP) is 3.24. The molecule has 1 fully saturated rings. The Morgan fingerprint density at radius 3 is 2.67 bits per heavy atom. The number of likely N-dealkylation sites (N-methyl/N-ethyl adjacent to an activating group) is 1. The molecule has 2 aliphatic rings. The SMILES string of the molecule is CNCCCNC(=O)Nc1ccc2c(c1)C(=O)C(=Cc1cn(CCN3CCN(C)CC3)c3ccc(OC)cc13)O2. The third-order valence-corrected chi connectivity index (χ3v) is 7.47. The number of nitrogens with zero attached hydrogens (tertiary/aromatic N) is 3. The quantitative estimate of drug-likeness (QED) is 0.265. The number of amides is 2. The maximum absolute atomic E-state index is 13.3. The molecule has 0 spiro atoms. The lowest BCUT2D eigenvalue weighted by Gasteiger charge is -2.32. The van der Waals surface area contributed by atoms with Gasteiger partial charge in [0.2, 0.25) is 5.78 Å². The van der Waals surface area contributed by atoms with Crippen LogP contribution in [-0.4, -0.2) is 93.2 Å². The van der Waals surface area contributed by atoms with E-state index in [0.29, 0.717) is 23.5 Å². The molecule has 40 heavy (non-hydrogen) atoms. The van der Waals surface area contributed by atoms with Gasteiger partial charge < -0.3 is 34.9 Å². The van der Waals surface area contributed by atoms with Crippen molar-refractivity contribution in [1.82, 2.24) is 25.0 Å². The second kappa shape index (κ2) is 12.5. The molecule has 3 N–H and O–H groups in total. The number of ketones is 1. The van der Waals surface area contributed by atoms with Crippen molar-refractivity contribution >= 4 is 34.5 Å². The second-order valence-electron chi connectivity index (χ2n) is 10.3. The van der Waals surface area contributed by atoms with Gasteiger partial charge in [-0.25, -0.2) is 4.79 Å². The van der Waals surface area contributed by atoms with Gasteiger partial charge in [-0.05, 0) is 69.5 Å². The zero-order valence-corrected chi connectivity index (χ0v) is 23.5. The number of Topliss-reactive ketones (excluding diaryl/α,β-unsaturated/α-hetero) is 1. The fourth-order valence-electron chi connectivity index (χ4n) is 5.10. The van der Waals surface area contributed by atoms with Gasteiger partial charge in [0.15, 0.2) is 5.76 Å². The van der Waals surface area contributed by atoms with Crippen LogP contribution in [0.5, 0.6) is 11.5 Å². The van der Waals surface area contributed by atoms with E-state index in [4.69, 9.17) is 9.47 Å². The molecule has 2 aliphatic heterocycles. The summed E-state index contributed by atoms with van der Waals surface area (Å²) in [6.07, 6.45) is 4.71. The number of ether oxygens (including phenoxy) is 2. The van der Waals surface area contributed by atoms with E-state index >= 15 is 0 Å². The van der Waals surface area contributed by atoms with Crippen LogP contribution >= 0.6 is 0 Å². The smallest absolute Gasteiger partial charge is 0.319 e. The monoisotopic (exact) mass is 546 g/mol. The summed E-state index contributed by atoms with van der Waals surface area (Å²) in [4.78, 5) is 30.4. The van der Waals surface area contributed by atoms with Crippen LogP contribution in [0, 0.1) is 0 Å². The average Bonchev–Trinajstić information content (AvgIpc) is 3.47. The van der Waals surface area contributed by atoms with E-state index in [9.17, 15) is 9.59 Å². The number of anilines is 1. The number of benzene rings is 2. The Hall–Kier alpha value is -3.86. The van der Waals surface area contributed by atoms with Crippen molar-refractivity contribution in [2.24, 2.45) is 0 Å². The van der Waals surface area contributed by atoms with E-state index < -0.39 is 0 Å². The topological polar surface area (TPSA) is 100 Å². The molecule has 3 aromatic rings. The molecule has 1 aromatic heterocycles. The Morgan fingerprint density at radius 1 is 1.07 bits per heavy atom. The highest BCUT2D eigenvalue weighted by molar-refractivity contribution is 6.15. The fraction of sp³-hybridized carbons (Fsp3) is 0.400. The Balaban J connectivity index is 1.33. The van der Waals surface area contributed by atoms with E-state index in [1.807, 2.05) is 19.2 Å². The molecule has 0 bridgehead atoms. The number of urea groups is 1. The normalized spacial score (nSPS) is 16.8. The Morgan fingerprint density at radius 2 is 1.90 bits per heavy atom. The van der Waals surface area contributed by atoms with E-state index in [1.54, 1.807) is 31.4 Å². The van der Waals surface area contributed by atoms with E-state index in [1.165, 1.54) is 0 Å². The van der Waals surface area contributed by atoms with Gasteiger partial charge in [0.05, 0.1) is 12.7 Å². The van der Waals surface area contributed by atoms with Crippen molar-refractivity contribution < 1.29 is 19.1 Å². The van der Waals surface area contributed by atoms with Gasteiger partial charge >= 0.3 is 6.03 Å². The van der Waals surface area contributed by atoms with Gasteiger partial charge in [0.1, 0.15) is 11.5 Å². The summed E-state index contributed by atoms with van der Waals surface area (Å²) in [5, 5.41) is 9.65. The standard InChI is InChI=1S/C30H38N6O4/c1-31-9-4-10-32-30(38)33-22-5-8-27-25(18-22)29(37)28(40-27)17-21-20-36(16-15-35-13-11-34(2)12-14-35)26-7-6-23(39-3)19-24(21)26/h5-8,17-20,31H,4,9-16H2,1-3H3,(H2,32,33,38). The molecule has 5 rings (SSSR count). The van der Waals surface area contributed by atoms with Crippen molar-refractivity contribution in [2.75, 3.05) is 72.3 Å². The minimum Gasteiger partial charge on any atom is -0.497 e. The minimum atomic E-state index is -0.309. The van der Waals surface area contributed by atoms with Crippen LogP contribution < -0.4 is 25.4 Å². The zero-order chi connectivity index (χ0) is 28.1. The highest BCUT2D eigenvalue weighted by Crippen LogP contribution is 2.35. The second-order valence-corrected chi connectivity index (χ2v) is 10.3. The summed E-state index contributed by atoms with van der Waals surface area (Å²) in [5.74, 6) is 1.28. The lowest BCUT2D eigenvalue weighted by molar-refractivity contribution is 0.101. The molecular weight excluding hydrogens is 508 g/mol. The molecular formula is C30H38N6O4. The average molecular weight is 547 g/mol. The largest absolute Gasteiger partial charge is 0.497 e. The first-order chi connectivity index (χ1) is 19.4. The summed E-state index contributed by atoms with van der Waals surface area (Å²) < 4.78 is 13.7. The van der Waals surface area contributed by atoms with Gasteiger partial charge in [-0.1, -0.05) is 0 Å². The maximum atomic E-state index is 13.3. The first-order valence-electron chi connectivity index (χ1n) is 13.8. The van der Waals surface area contributed by atoms with E-state index in [2.05, 4.69) is 49.6 Å². The zero-order valence-electron chi connectivity index (χ0n) is 23.5. The number of hydrogen-bond donors (Lipinski definition) is 3. The molecule has 10 nitrogen and oxygen atoms in total. The van der Waals surface area contributed by atoms with Crippen LogP contribution in [0.2, 0.25) is 0 Å². The number of carbonyl (C=O) groups excluding carboxylic acids is 2. The van der Waals surface area contributed by atoms with Crippen molar-refractivity contribution in [2.45, 2.75) is 13.0 Å². The predicted molar refractivity (Wildman–Crippen MR) is 157 cm³/mol. The number of rotatable bonds is 10. The van der Waals surface area contributed by atoms with Gasteiger partial charge in [0.25, 0.3) is 0 Å². The minimum absolute atomic E-state index is 0.214. The number of fused-ring (bicyclic) bond motifs is 2. The molecule has 0 atom stereocenters. The molecule has 2 amide bonds. The Kier molecular flexibility index (Phi) is 8.69. The summed E-state index contributed by atoms with van der Waals surface area (Å²) in [5.41, 5.74) is 2.93. The van der Waals surface area contributed by atoms with Gasteiger partial charge in [0, 0.05) is 74.2 Å². The van der Waals surface area contributed by atoms with Crippen molar-refractivity contribution in [3.8, 4) is 11.5 Å². The molecule has 212 valence electrons. The number of methoxy groups -OCH3 is 1. The molecule has 2 aromatic carbocycles. The van der Waals surface area contributed by atoms with Crippen molar-refractivity contribution in [3.63, 3.8) is 0 Å². The summed E-state index contributed by atoms with van der Waals surface area (Å²) in [6.45, 7) is 7.48. The van der Waals surface area contributed by atoms with Crippen LogP contribution in [0.3, 0.4) is 0 Å². The molecule has 0 saturated carbocycles. The maximum Gasteiger partial charge on any atom is 0.319 e. The van der Waals surface area contributed by atoms with Crippen LogP contribution in [0.25, 0.3) is 17.0 Å². The highest BCUT2D eigenvalue weighted by Gasteiger charge is 2.28. The molecule has 0 radical (unpaired) electrons. The van der Waals surface area contributed by atoms with Gasteiger partial charge in [-0.3, -0.25) is 9.69 Å². The summed E-state index contributed by atoms with van der Waals surface area (Å²) >= 11 is 0. The number of hydrogen-bond acceptors (Lipinski definition) is 7. The Labute approximate surface area is 234 Å². The van der Waals surface area contributed by atoms with Crippen LogP contribution in [0.1, 0.15) is 22.3 Å². The lowest BCUT2D eigenvalue weighted by Crippen LogP contribution is -2.45. The molecule has 1 saturated heterocycles. The number of nitrogens with one attached hydrogen (secondary N) is 3. The van der Waals surface area contributed by atoms with Gasteiger partial charge in [-0.15, -0.1) is 0 Å². The molecule has 10 heteroatoms. The molecule has 3 heterocycles. The third-order valence-electron chi connectivity index (χ3n) is 7.47. The highest BCUT2D eigenvalue weighted by atomic mass is 16.5. The first-order valence-corrected chi connectivity index (χ1v) is 13.8. The van der Waals surface area contributed by atoms with Crippen molar-refractivity contribution in [3.05, 3.63) is 59.5 Å². The van der Waals surface area contributed by atoms with E-state index in [0.717, 1.165) is 74.5 Å². The van der Waals surface area contributed by atoms with Crippen LogP contribution in [0.4, 0.5) is 10.5 Å². The van der Waals surface area contributed by atoms with Gasteiger partial charge in [-0.2, -0.15) is 0 Å². The van der Waals surface area contributed by atoms with Crippen LogP contribution in [-0.2, 0) is 6.54 Å². The van der Waals surface area contributed by atoms with Crippen molar-refractivity contribution in [1.29, 1.82) is 0 Å². The third kappa shape index (κ3) is 6.30. The summed E-state index contributed by atoms with van der Waals surface area (Å²) in [6, 6.07) is 10.8. The first kappa shape index (κ1) is 27.7. The summed E-state index contributed by atoms with van der Waals surface area (Å²) in [7, 11) is 5.69. The molecule has 0 unspecified atom stereocenters. The number of allylic oxidation sites excluding steroid dienone is 1. The van der Waals surface area contributed by atoms with Crippen LogP contribution in [0.15, 0.2) is 48.4 Å². The Bertz CT molecular complexity index is 1410. The van der Waals surface area contributed by atoms with E-state index in [-0.39, 0.29) is 17.6 Å². The number of piperazine rings is 1. The fourth-order valence-corrected chi connectivity index (χ4v) is 5.10. The number of aromatic nitrogens is 1. The lowest BCUT2D eigenvalue weighted by atomic mass is 10.1.